The molecule has 1 saturated carbocycles. The molecule has 5 rings (SSSR count). The third-order valence-corrected chi connectivity index (χ3v) is 7.89. The van der Waals surface area contributed by atoms with Crippen LogP contribution >= 0.6 is 11.3 Å². The molecule has 158 valence electrons. The maximum absolute atomic E-state index is 13.2. The van der Waals surface area contributed by atoms with E-state index in [0.29, 0.717) is 18.6 Å². The number of thiophene rings is 1. The molecule has 1 unspecified atom stereocenters. The summed E-state index contributed by atoms with van der Waals surface area (Å²) in [6, 6.07) is 5.32. The molecule has 0 bridgehead atoms. The van der Waals surface area contributed by atoms with Gasteiger partial charge >= 0.3 is 0 Å². The molecular formula is C24H30N4OS. The number of hydrogen-bond acceptors (Lipinski definition) is 5. The Kier molecular flexibility index (Phi) is 5.95. The van der Waals surface area contributed by atoms with E-state index in [4.69, 9.17) is 0 Å². The van der Waals surface area contributed by atoms with Crippen molar-refractivity contribution in [2.45, 2.75) is 82.8 Å². The van der Waals surface area contributed by atoms with Gasteiger partial charge < -0.3 is 5.32 Å². The average Bonchev–Trinajstić information content (AvgIpc) is 3.15. The van der Waals surface area contributed by atoms with Gasteiger partial charge in [0, 0.05) is 35.9 Å². The van der Waals surface area contributed by atoms with Gasteiger partial charge in [-0.2, -0.15) is 0 Å². The monoisotopic (exact) mass is 422 g/mol. The highest BCUT2D eigenvalue weighted by molar-refractivity contribution is 7.18. The fraction of sp³-hybridized carbons (Fsp3) is 0.542. The Morgan fingerprint density at radius 3 is 2.77 bits per heavy atom. The minimum Gasteiger partial charge on any atom is -0.311 e. The number of rotatable bonds is 6. The van der Waals surface area contributed by atoms with Gasteiger partial charge in [0.25, 0.3) is 5.56 Å². The molecule has 3 heterocycles. The summed E-state index contributed by atoms with van der Waals surface area (Å²) in [6.07, 6.45) is 17.2. The van der Waals surface area contributed by atoms with E-state index >= 15 is 0 Å². The summed E-state index contributed by atoms with van der Waals surface area (Å²) in [5.74, 6) is 0. The van der Waals surface area contributed by atoms with Crippen LogP contribution in [0.1, 0.15) is 60.9 Å². The van der Waals surface area contributed by atoms with Crippen LogP contribution in [0, 0.1) is 0 Å². The SMILES string of the molecule is O=c1c2c3c(sc2ncn1CCCc1ccncc1)CC(NC1CCCCC1)CC3. The first-order valence-corrected chi connectivity index (χ1v) is 12.2. The molecule has 3 aromatic rings. The summed E-state index contributed by atoms with van der Waals surface area (Å²) in [6.45, 7) is 0.709. The summed E-state index contributed by atoms with van der Waals surface area (Å²) >= 11 is 1.74. The third kappa shape index (κ3) is 4.21. The molecule has 0 amide bonds. The normalized spacial score (nSPS) is 19.8. The second-order valence-corrected chi connectivity index (χ2v) is 9.91. The van der Waals surface area contributed by atoms with Crippen molar-refractivity contribution in [1.82, 2.24) is 19.9 Å². The molecule has 1 fully saturated rings. The van der Waals surface area contributed by atoms with E-state index in [1.165, 1.54) is 48.1 Å². The number of nitrogens with zero attached hydrogens (tertiary/aromatic N) is 3. The fourth-order valence-electron chi connectivity index (χ4n) is 5.11. The molecule has 0 spiro atoms. The van der Waals surface area contributed by atoms with Gasteiger partial charge in [0.1, 0.15) is 4.83 Å². The predicted octanol–water partition coefficient (Wildman–Crippen LogP) is 4.27. The molecule has 0 aliphatic heterocycles. The summed E-state index contributed by atoms with van der Waals surface area (Å²) in [5.41, 5.74) is 2.68. The van der Waals surface area contributed by atoms with Gasteiger partial charge in [-0.25, -0.2) is 4.98 Å². The largest absolute Gasteiger partial charge is 0.311 e. The van der Waals surface area contributed by atoms with Crippen LogP contribution in [0.2, 0.25) is 0 Å². The molecular weight excluding hydrogens is 392 g/mol. The highest BCUT2D eigenvalue weighted by Gasteiger charge is 2.27. The van der Waals surface area contributed by atoms with Crippen LogP contribution in [-0.2, 0) is 25.8 Å². The second kappa shape index (κ2) is 8.98. The standard InChI is InChI=1S/C24H30N4OS/c29-24-22-20-9-8-19(27-18-6-2-1-3-7-18)15-21(20)30-23(22)26-16-28(24)14-4-5-17-10-12-25-13-11-17/h10-13,16,18-19,27H,1-9,14-15H2. The molecule has 1 N–H and O–H groups in total. The number of fused-ring (bicyclic) bond motifs is 3. The van der Waals surface area contributed by atoms with E-state index in [0.717, 1.165) is 42.3 Å². The van der Waals surface area contributed by atoms with Crippen LogP contribution in [-0.4, -0.2) is 26.6 Å². The summed E-state index contributed by atoms with van der Waals surface area (Å²) in [5, 5.41) is 4.80. The number of hydrogen-bond donors (Lipinski definition) is 1. The highest BCUT2D eigenvalue weighted by Crippen LogP contribution is 2.34. The molecule has 2 aliphatic carbocycles. The van der Waals surface area contributed by atoms with Crippen LogP contribution in [0.15, 0.2) is 35.6 Å². The van der Waals surface area contributed by atoms with Crippen molar-refractivity contribution in [1.29, 1.82) is 0 Å². The van der Waals surface area contributed by atoms with Gasteiger partial charge in [0.15, 0.2) is 0 Å². The first-order valence-electron chi connectivity index (χ1n) is 11.4. The number of pyridine rings is 1. The lowest BCUT2D eigenvalue weighted by molar-refractivity contribution is 0.322. The quantitative estimate of drug-likeness (QED) is 0.645. The van der Waals surface area contributed by atoms with Crippen molar-refractivity contribution in [3.05, 3.63) is 57.2 Å². The van der Waals surface area contributed by atoms with Crippen molar-refractivity contribution in [2.75, 3.05) is 0 Å². The van der Waals surface area contributed by atoms with Gasteiger partial charge in [-0.3, -0.25) is 14.3 Å². The zero-order valence-electron chi connectivity index (χ0n) is 17.5. The van der Waals surface area contributed by atoms with Crippen molar-refractivity contribution in [2.24, 2.45) is 0 Å². The van der Waals surface area contributed by atoms with Crippen molar-refractivity contribution in [3.63, 3.8) is 0 Å². The number of aromatic nitrogens is 3. The van der Waals surface area contributed by atoms with E-state index in [1.807, 2.05) is 29.1 Å². The lowest BCUT2D eigenvalue weighted by Gasteiger charge is -2.30. The molecule has 2 aliphatic rings. The molecule has 3 aromatic heterocycles. The Labute approximate surface area is 181 Å². The Morgan fingerprint density at radius 2 is 1.93 bits per heavy atom. The molecule has 6 heteroatoms. The van der Waals surface area contributed by atoms with Crippen molar-refractivity contribution < 1.29 is 0 Å². The minimum absolute atomic E-state index is 0.144. The summed E-state index contributed by atoms with van der Waals surface area (Å²) < 4.78 is 1.81. The summed E-state index contributed by atoms with van der Waals surface area (Å²) in [4.78, 5) is 24.2. The smallest absolute Gasteiger partial charge is 0.262 e. The molecule has 0 aromatic carbocycles. The molecule has 5 nitrogen and oxygen atoms in total. The van der Waals surface area contributed by atoms with Crippen molar-refractivity contribution >= 4 is 21.6 Å². The third-order valence-electron chi connectivity index (χ3n) is 6.73. The Bertz CT molecular complexity index is 1050. The first-order chi connectivity index (χ1) is 14.8. The zero-order chi connectivity index (χ0) is 20.3. The van der Waals surface area contributed by atoms with Crippen LogP contribution in [0.5, 0.6) is 0 Å². The maximum atomic E-state index is 13.2. The van der Waals surface area contributed by atoms with Gasteiger partial charge in [-0.05, 0) is 68.2 Å². The Morgan fingerprint density at radius 1 is 1.10 bits per heavy atom. The van der Waals surface area contributed by atoms with Crippen LogP contribution in [0.4, 0.5) is 0 Å². The maximum Gasteiger partial charge on any atom is 0.262 e. The van der Waals surface area contributed by atoms with Crippen molar-refractivity contribution in [3.8, 4) is 0 Å². The van der Waals surface area contributed by atoms with E-state index in [-0.39, 0.29) is 5.56 Å². The summed E-state index contributed by atoms with van der Waals surface area (Å²) in [7, 11) is 0. The lowest BCUT2D eigenvalue weighted by atomic mass is 9.90. The average molecular weight is 423 g/mol. The highest BCUT2D eigenvalue weighted by atomic mass is 32.1. The number of aryl methyl sites for hydroxylation is 3. The molecule has 0 saturated heterocycles. The Hall–Kier alpha value is -2.05. The van der Waals surface area contributed by atoms with Crippen LogP contribution < -0.4 is 10.9 Å². The zero-order valence-corrected chi connectivity index (χ0v) is 18.3. The van der Waals surface area contributed by atoms with Crippen LogP contribution in [0.3, 0.4) is 0 Å². The lowest BCUT2D eigenvalue weighted by Crippen LogP contribution is -2.42. The predicted molar refractivity (Wildman–Crippen MR) is 122 cm³/mol. The minimum atomic E-state index is 0.144. The molecule has 1 atom stereocenters. The van der Waals surface area contributed by atoms with Gasteiger partial charge in [0.05, 0.1) is 11.7 Å². The van der Waals surface area contributed by atoms with E-state index in [2.05, 4.69) is 15.3 Å². The number of nitrogens with one attached hydrogen (secondary N) is 1. The van der Waals surface area contributed by atoms with E-state index < -0.39 is 0 Å². The first kappa shape index (κ1) is 19.9. The topological polar surface area (TPSA) is 59.8 Å². The van der Waals surface area contributed by atoms with Gasteiger partial charge in [0.2, 0.25) is 0 Å². The molecule has 0 radical (unpaired) electrons. The second-order valence-electron chi connectivity index (χ2n) is 8.83. The van der Waals surface area contributed by atoms with E-state index in [9.17, 15) is 4.79 Å². The van der Waals surface area contributed by atoms with Crippen LogP contribution in [0.25, 0.3) is 10.2 Å². The van der Waals surface area contributed by atoms with E-state index in [1.54, 1.807) is 17.7 Å². The Balaban J connectivity index is 1.29. The molecule has 30 heavy (non-hydrogen) atoms. The van der Waals surface area contributed by atoms with Gasteiger partial charge in [-0.15, -0.1) is 11.3 Å². The fourth-order valence-corrected chi connectivity index (χ4v) is 6.37. The van der Waals surface area contributed by atoms with Gasteiger partial charge in [-0.1, -0.05) is 19.3 Å².